The SMILES string of the molecule is CC(C)NS(=O)(=O)c1ccc(C(=O)N(C)CC(C)(C)CN)cc1. The van der Waals surface area contributed by atoms with E-state index in [-0.39, 0.29) is 22.3 Å². The van der Waals surface area contributed by atoms with Gasteiger partial charge in [-0.2, -0.15) is 0 Å². The molecule has 0 aliphatic carbocycles. The van der Waals surface area contributed by atoms with E-state index >= 15 is 0 Å². The molecule has 23 heavy (non-hydrogen) atoms. The molecule has 0 aliphatic rings. The lowest BCUT2D eigenvalue weighted by atomic mass is 9.93. The Morgan fingerprint density at radius 2 is 1.78 bits per heavy atom. The molecule has 0 aliphatic heterocycles. The van der Waals surface area contributed by atoms with Gasteiger partial charge in [0.1, 0.15) is 0 Å². The summed E-state index contributed by atoms with van der Waals surface area (Å²) < 4.78 is 26.6. The van der Waals surface area contributed by atoms with Gasteiger partial charge in [-0.05, 0) is 50.1 Å². The Labute approximate surface area is 139 Å². The van der Waals surface area contributed by atoms with Gasteiger partial charge in [-0.25, -0.2) is 13.1 Å². The van der Waals surface area contributed by atoms with Gasteiger partial charge in [0.05, 0.1) is 4.90 Å². The smallest absolute Gasteiger partial charge is 0.253 e. The quantitative estimate of drug-likeness (QED) is 0.785. The predicted octanol–water partition coefficient (Wildman–Crippen LogP) is 1.43. The number of carbonyl (C=O) groups excluding carboxylic acids is 1. The second kappa shape index (κ2) is 7.42. The van der Waals surface area contributed by atoms with E-state index < -0.39 is 10.0 Å². The van der Waals surface area contributed by atoms with E-state index in [1.807, 2.05) is 13.8 Å². The molecule has 1 amide bonds. The molecule has 0 saturated carbocycles. The highest BCUT2D eigenvalue weighted by Gasteiger charge is 2.22. The summed E-state index contributed by atoms with van der Waals surface area (Å²) in [6.07, 6.45) is 0. The van der Waals surface area contributed by atoms with Crippen LogP contribution in [0.25, 0.3) is 0 Å². The van der Waals surface area contributed by atoms with Gasteiger partial charge in [-0.3, -0.25) is 4.79 Å². The number of nitrogens with two attached hydrogens (primary N) is 1. The van der Waals surface area contributed by atoms with E-state index in [0.717, 1.165) is 0 Å². The topological polar surface area (TPSA) is 92.5 Å². The molecule has 0 spiro atoms. The number of nitrogens with zero attached hydrogens (tertiary/aromatic N) is 1. The summed E-state index contributed by atoms with van der Waals surface area (Å²) in [6.45, 7) is 8.49. The third-order valence-corrected chi connectivity index (χ3v) is 5.04. The van der Waals surface area contributed by atoms with Gasteiger partial charge in [0.15, 0.2) is 0 Å². The minimum Gasteiger partial charge on any atom is -0.341 e. The molecule has 1 aromatic rings. The largest absolute Gasteiger partial charge is 0.341 e. The van der Waals surface area contributed by atoms with Crippen molar-refractivity contribution in [3.63, 3.8) is 0 Å². The van der Waals surface area contributed by atoms with Crippen LogP contribution in [-0.4, -0.2) is 45.4 Å². The molecule has 1 rings (SSSR count). The lowest BCUT2D eigenvalue weighted by Gasteiger charge is -2.29. The van der Waals surface area contributed by atoms with E-state index in [0.29, 0.717) is 18.7 Å². The van der Waals surface area contributed by atoms with Crippen molar-refractivity contribution in [3.8, 4) is 0 Å². The Kier molecular flexibility index (Phi) is 6.33. The summed E-state index contributed by atoms with van der Waals surface area (Å²) in [7, 11) is -1.83. The van der Waals surface area contributed by atoms with E-state index in [2.05, 4.69) is 4.72 Å². The van der Waals surface area contributed by atoms with Crippen LogP contribution in [0.2, 0.25) is 0 Å². The number of hydrogen-bond donors (Lipinski definition) is 2. The lowest BCUT2D eigenvalue weighted by Crippen LogP contribution is -2.39. The highest BCUT2D eigenvalue weighted by Crippen LogP contribution is 2.17. The average molecular weight is 341 g/mol. The third-order valence-electron chi connectivity index (χ3n) is 3.37. The Hall–Kier alpha value is -1.44. The van der Waals surface area contributed by atoms with Crippen LogP contribution in [0.5, 0.6) is 0 Å². The molecule has 6 nitrogen and oxygen atoms in total. The Bertz CT molecular complexity index is 637. The van der Waals surface area contributed by atoms with E-state index in [1.165, 1.54) is 24.3 Å². The van der Waals surface area contributed by atoms with Crippen molar-refractivity contribution in [1.82, 2.24) is 9.62 Å². The standard InChI is InChI=1S/C16H27N3O3S/c1-12(2)18-23(21,22)14-8-6-13(7-9-14)15(20)19(5)11-16(3,4)10-17/h6-9,12,18H,10-11,17H2,1-5H3. The summed E-state index contributed by atoms with van der Waals surface area (Å²) in [4.78, 5) is 14.1. The number of sulfonamides is 1. The number of rotatable bonds is 7. The fourth-order valence-electron chi connectivity index (χ4n) is 2.15. The van der Waals surface area contributed by atoms with Crippen molar-refractivity contribution in [2.24, 2.45) is 11.1 Å². The van der Waals surface area contributed by atoms with E-state index in [9.17, 15) is 13.2 Å². The molecule has 3 N–H and O–H groups in total. The maximum atomic E-state index is 12.4. The normalized spacial score (nSPS) is 12.5. The van der Waals surface area contributed by atoms with Crippen molar-refractivity contribution in [1.29, 1.82) is 0 Å². The molecule has 7 heteroatoms. The molecule has 0 aromatic heterocycles. The molecule has 0 radical (unpaired) electrons. The highest BCUT2D eigenvalue weighted by atomic mass is 32.2. The number of hydrogen-bond acceptors (Lipinski definition) is 4. The van der Waals surface area contributed by atoms with Crippen molar-refractivity contribution < 1.29 is 13.2 Å². The lowest BCUT2D eigenvalue weighted by molar-refractivity contribution is 0.0740. The molecule has 130 valence electrons. The summed E-state index contributed by atoms with van der Waals surface area (Å²) in [5.74, 6) is -0.160. The van der Waals surface area contributed by atoms with Crippen LogP contribution in [0.4, 0.5) is 0 Å². The van der Waals surface area contributed by atoms with Gasteiger partial charge in [-0.1, -0.05) is 13.8 Å². The fraction of sp³-hybridized carbons (Fsp3) is 0.562. The fourth-order valence-corrected chi connectivity index (χ4v) is 3.40. The Balaban J connectivity index is 2.90. The van der Waals surface area contributed by atoms with Crippen LogP contribution >= 0.6 is 0 Å². The second-order valence-electron chi connectivity index (χ2n) is 6.83. The van der Waals surface area contributed by atoms with Crippen LogP contribution in [0.1, 0.15) is 38.1 Å². The maximum Gasteiger partial charge on any atom is 0.253 e. The molecule has 0 fully saturated rings. The summed E-state index contributed by atoms with van der Waals surface area (Å²) in [5, 5.41) is 0. The van der Waals surface area contributed by atoms with Crippen LogP contribution in [0.3, 0.4) is 0 Å². The molecule has 0 bridgehead atoms. The predicted molar refractivity (Wildman–Crippen MR) is 91.7 cm³/mol. The van der Waals surface area contributed by atoms with Crippen molar-refractivity contribution in [2.45, 2.75) is 38.6 Å². The number of nitrogens with one attached hydrogen (secondary N) is 1. The summed E-state index contributed by atoms with van der Waals surface area (Å²) in [5.41, 5.74) is 5.97. The first-order chi connectivity index (χ1) is 10.5. The zero-order chi connectivity index (χ0) is 17.8. The maximum absolute atomic E-state index is 12.4. The van der Waals surface area contributed by atoms with E-state index in [4.69, 9.17) is 5.73 Å². The average Bonchev–Trinajstić information content (AvgIpc) is 2.45. The molecule has 0 saturated heterocycles. The monoisotopic (exact) mass is 341 g/mol. The Morgan fingerprint density at radius 1 is 1.26 bits per heavy atom. The van der Waals surface area contributed by atoms with Crippen LogP contribution < -0.4 is 10.5 Å². The first-order valence-corrected chi connectivity index (χ1v) is 9.05. The minimum absolute atomic E-state index is 0.146. The molecule has 0 heterocycles. The zero-order valence-electron chi connectivity index (χ0n) is 14.5. The highest BCUT2D eigenvalue weighted by molar-refractivity contribution is 7.89. The van der Waals surface area contributed by atoms with Crippen LogP contribution in [0, 0.1) is 5.41 Å². The van der Waals surface area contributed by atoms with Gasteiger partial charge >= 0.3 is 0 Å². The summed E-state index contributed by atoms with van der Waals surface area (Å²) in [6, 6.07) is 5.76. The molecular weight excluding hydrogens is 314 g/mol. The first-order valence-electron chi connectivity index (χ1n) is 7.56. The molecule has 0 unspecified atom stereocenters. The number of amides is 1. The number of carbonyl (C=O) groups is 1. The zero-order valence-corrected chi connectivity index (χ0v) is 15.3. The molecule has 0 atom stereocenters. The third kappa shape index (κ3) is 5.60. The Morgan fingerprint density at radius 3 is 2.22 bits per heavy atom. The van der Waals surface area contributed by atoms with Crippen molar-refractivity contribution in [3.05, 3.63) is 29.8 Å². The second-order valence-corrected chi connectivity index (χ2v) is 8.54. The van der Waals surface area contributed by atoms with Gasteiger partial charge in [0.25, 0.3) is 5.91 Å². The van der Waals surface area contributed by atoms with Crippen molar-refractivity contribution >= 4 is 15.9 Å². The molecular formula is C16H27N3O3S. The molecule has 1 aromatic carbocycles. The van der Waals surface area contributed by atoms with Crippen molar-refractivity contribution in [2.75, 3.05) is 20.1 Å². The van der Waals surface area contributed by atoms with Gasteiger partial charge in [0.2, 0.25) is 10.0 Å². The van der Waals surface area contributed by atoms with Crippen LogP contribution in [0.15, 0.2) is 29.2 Å². The van der Waals surface area contributed by atoms with Gasteiger partial charge in [0, 0.05) is 25.2 Å². The minimum atomic E-state index is -3.55. The van der Waals surface area contributed by atoms with Crippen LogP contribution in [-0.2, 0) is 10.0 Å². The number of benzene rings is 1. The van der Waals surface area contributed by atoms with E-state index in [1.54, 1.807) is 25.8 Å². The first kappa shape index (κ1) is 19.6. The summed E-state index contributed by atoms with van der Waals surface area (Å²) >= 11 is 0. The van der Waals surface area contributed by atoms with Gasteiger partial charge in [-0.15, -0.1) is 0 Å². The van der Waals surface area contributed by atoms with Gasteiger partial charge < -0.3 is 10.6 Å².